The summed E-state index contributed by atoms with van der Waals surface area (Å²) in [7, 11) is 0. The van der Waals surface area contributed by atoms with Gasteiger partial charge in [0, 0.05) is 17.1 Å². The van der Waals surface area contributed by atoms with Gasteiger partial charge in [0.15, 0.2) is 5.12 Å². The predicted molar refractivity (Wildman–Crippen MR) is 88.2 cm³/mol. The van der Waals surface area contributed by atoms with Crippen LogP contribution in [0.3, 0.4) is 0 Å². The van der Waals surface area contributed by atoms with E-state index in [2.05, 4.69) is 0 Å². The number of aliphatic hydroxyl groups excluding tert-OH is 1. The van der Waals surface area contributed by atoms with Crippen LogP contribution in [0, 0.1) is 5.92 Å². The van der Waals surface area contributed by atoms with E-state index >= 15 is 0 Å². The maximum Gasteiger partial charge on any atom is 0.192 e. The molecule has 0 aromatic heterocycles. The zero-order chi connectivity index (χ0) is 15.9. The number of rotatable bonds is 7. The average Bonchev–Trinajstić information content (AvgIpc) is 2.37. The summed E-state index contributed by atoms with van der Waals surface area (Å²) in [4.78, 5) is 11.8. The molecular formula is C17H26O3S. The van der Waals surface area contributed by atoms with E-state index in [1.54, 1.807) is 0 Å². The van der Waals surface area contributed by atoms with Crippen molar-refractivity contribution in [2.45, 2.75) is 51.6 Å². The number of ether oxygens (including phenoxy) is 1. The van der Waals surface area contributed by atoms with E-state index in [1.165, 1.54) is 11.8 Å². The zero-order valence-corrected chi connectivity index (χ0v) is 14.2. The number of aliphatic hydroxyl groups is 1. The first-order valence-corrected chi connectivity index (χ1v) is 8.11. The van der Waals surface area contributed by atoms with Crippen LogP contribution in [0.15, 0.2) is 30.3 Å². The summed E-state index contributed by atoms with van der Waals surface area (Å²) in [5, 5.41) is 10.1. The van der Waals surface area contributed by atoms with Gasteiger partial charge in [0.05, 0.1) is 19.3 Å². The van der Waals surface area contributed by atoms with E-state index < -0.39 is 6.10 Å². The lowest BCUT2D eigenvalue weighted by Gasteiger charge is -2.21. The molecule has 0 saturated carbocycles. The maximum absolute atomic E-state index is 11.8. The zero-order valence-electron chi connectivity index (χ0n) is 13.3. The molecule has 0 bridgehead atoms. The van der Waals surface area contributed by atoms with Crippen LogP contribution in [0.4, 0.5) is 0 Å². The van der Waals surface area contributed by atoms with Gasteiger partial charge in [-0.25, -0.2) is 0 Å². The quantitative estimate of drug-likeness (QED) is 0.835. The monoisotopic (exact) mass is 310 g/mol. The summed E-state index contributed by atoms with van der Waals surface area (Å²) < 4.78 is 5.50. The van der Waals surface area contributed by atoms with Crippen molar-refractivity contribution < 1.29 is 14.6 Å². The normalized spacial score (nSPS) is 14.7. The van der Waals surface area contributed by atoms with Crippen LogP contribution in [-0.4, -0.2) is 27.7 Å². The van der Waals surface area contributed by atoms with Crippen molar-refractivity contribution >= 4 is 16.9 Å². The molecule has 0 amide bonds. The molecule has 0 fully saturated rings. The van der Waals surface area contributed by atoms with Crippen molar-refractivity contribution in [2.75, 3.05) is 6.61 Å². The van der Waals surface area contributed by atoms with Crippen LogP contribution < -0.4 is 0 Å². The third-order valence-electron chi connectivity index (χ3n) is 2.94. The van der Waals surface area contributed by atoms with Crippen molar-refractivity contribution in [3.63, 3.8) is 0 Å². The third-order valence-corrected chi connectivity index (χ3v) is 3.95. The van der Waals surface area contributed by atoms with Crippen LogP contribution >= 0.6 is 11.8 Å². The van der Waals surface area contributed by atoms with Gasteiger partial charge in [0.1, 0.15) is 0 Å². The van der Waals surface area contributed by atoms with Gasteiger partial charge in [-0.15, -0.1) is 0 Å². The number of thioether (sulfide) groups is 1. The molecule has 0 radical (unpaired) electrons. The lowest BCUT2D eigenvalue weighted by Crippen LogP contribution is -2.25. The first-order chi connectivity index (χ1) is 9.78. The Kier molecular flexibility index (Phi) is 7.43. The second kappa shape index (κ2) is 8.57. The Morgan fingerprint density at radius 2 is 1.90 bits per heavy atom. The van der Waals surface area contributed by atoms with Crippen LogP contribution in [0.25, 0.3) is 0 Å². The maximum atomic E-state index is 11.8. The van der Waals surface area contributed by atoms with Gasteiger partial charge in [-0.3, -0.25) is 4.79 Å². The summed E-state index contributed by atoms with van der Waals surface area (Å²) >= 11 is 1.28. The average molecular weight is 310 g/mol. The molecule has 0 aliphatic rings. The van der Waals surface area contributed by atoms with Gasteiger partial charge < -0.3 is 9.84 Å². The summed E-state index contributed by atoms with van der Waals surface area (Å²) in [6.45, 7) is 8.87. The van der Waals surface area contributed by atoms with Crippen LogP contribution in [-0.2, 0) is 16.1 Å². The van der Waals surface area contributed by atoms with E-state index in [0.717, 1.165) is 5.56 Å². The molecule has 1 N–H and O–H groups in total. The highest BCUT2D eigenvalue weighted by atomic mass is 32.2. The molecule has 0 heterocycles. The van der Waals surface area contributed by atoms with Gasteiger partial charge in [0.25, 0.3) is 0 Å². The number of carbonyl (C=O) groups is 1. The third kappa shape index (κ3) is 8.24. The molecule has 3 nitrogen and oxygen atoms in total. The largest absolute Gasteiger partial charge is 0.392 e. The Balaban J connectivity index is 2.28. The molecule has 1 rings (SSSR count). The Morgan fingerprint density at radius 1 is 1.29 bits per heavy atom. The number of carbonyl (C=O) groups excluding carboxylic acids is 1. The molecule has 0 unspecified atom stereocenters. The second-order valence-corrected chi connectivity index (χ2v) is 8.22. The standard InChI is InChI=1S/C17H26O3S/c1-13(11-20-12-14-8-6-5-7-9-14)15(18)10-16(19)21-17(2,3)4/h5-9,13,15,18H,10-12H2,1-4H3/t13-,15+/m1/s1. The highest BCUT2D eigenvalue weighted by Crippen LogP contribution is 2.26. The molecule has 1 aromatic rings. The molecule has 118 valence electrons. The molecule has 1 aromatic carbocycles. The Hall–Kier alpha value is -0.840. The molecule has 2 atom stereocenters. The Labute approximate surface area is 132 Å². The Bertz CT molecular complexity index is 425. The van der Waals surface area contributed by atoms with Crippen LogP contribution in [0.5, 0.6) is 0 Å². The van der Waals surface area contributed by atoms with Crippen LogP contribution in [0.2, 0.25) is 0 Å². The molecule has 0 saturated heterocycles. The van der Waals surface area contributed by atoms with Gasteiger partial charge in [0.2, 0.25) is 0 Å². The highest BCUT2D eigenvalue weighted by Gasteiger charge is 2.22. The fourth-order valence-corrected chi connectivity index (χ4v) is 2.74. The highest BCUT2D eigenvalue weighted by molar-refractivity contribution is 8.14. The number of benzene rings is 1. The van der Waals surface area contributed by atoms with Crippen LogP contribution in [0.1, 0.15) is 39.7 Å². The summed E-state index contributed by atoms with van der Waals surface area (Å²) in [6, 6.07) is 9.92. The molecule has 0 spiro atoms. The first kappa shape index (κ1) is 18.2. The van der Waals surface area contributed by atoms with Crippen molar-refractivity contribution in [3.05, 3.63) is 35.9 Å². The van der Waals surface area contributed by atoms with Crippen molar-refractivity contribution in [1.82, 2.24) is 0 Å². The minimum atomic E-state index is -0.650. The van der Waals surface area contributed by atoms with Gasteiger partial charge in [-0.2, -0.15) is 0 Å². The summed E-state index contributed by atoms with van der Waals surface area (Å²) in [5.74, 6) is -0.0572. The van der Waals surface area contributed by atoms with Gasteiger partial charge >= 0.3 is 0 Å². The van der Waals surface area contributed by atoms with E-state index in [0.29, 0.717) is 13.2 Å². The van der Waals surface area contributed by atoms with Crippen molar-refractivity contribution in [2.24, 2.45) is 5.92 Å². The fraction of sp³-hybridized carbons (Fsp3) is 0.588. The summed E-state index contributed by atoms with van der Waals surface area (Å²) in [6.07, 6.45) is -0.472. The fourth-order valence-electron chi connectivity index (χ4n) is 1.80. The van der Waals surface area contributed by atoms with E-state index in [1.807, 2.05) is 58.0 Å². The molecule has 21 heavy (non-hydrogen) atoms. The number of hydrogen-bond donors (Lipinski definition) is 1. The lowest BCUT2D eigenvalue weighted by molar-refractivity contribution is -0.113. The topological polar surface area (TPSA) is 46.5 Å². The minimum absolute atomic E-state index is 0.0323. The van der Waals surface area contributed by atoms with E-state index in [-0.39, 0.29) is 22.2 Å². The van der Waals surface area contributed by atoms with Gasteiger partial charge in [-0.05, 0) is 5.56 Å². The first-order valence-electron chi connectivity index (χ1n) is 7.29. The van der Waals surface area contributed by atoms with E-state index in [9.17, 15) is 9.90 Å². The molecule has 0 aliphatic carbocycles. The molecule has 4 heteroatoms. The molecular weight excluding hydrogens is 284 g/mol. The number of hydrogen-bond acceptors (Lipinski definition) is 4. The van der Waals surface area contributed by atoms with Gasteiger partial charge in [-0.1, -0.05) is 69.8 Å². The van der Waals surface area contributed by atoms with E-state index in [4.69, 9.17) is 4.74 Å². The summed E-state index contributed by atoms with van der Waals surface area (Å²) in [5.41, 5.74) is 1.11. The second-order valence-electron chi connectivity index (χ2n) is 6.34. The van der Waals surface area contributed by atoms with Crippen molar-refractivity contribution in [1.29, 1.82) is 0 Å². The Morgan fingerprint density at radius 3 is 2.48 bits per heavy atom. The smallest absolute Gasteiger partial charge is 0.192 e. The minimum Gasteiger partial charge on any atom is -0.392 e. The molecule has 0 aliphatic heterocycles. The lowest BCUT2D eigenvalue weighted by atomic mass is 10.0. The van der Waals surface area contributed by atoms with Crippen molar-refractivity contribution in [3.8, 4) is 0 Å². The SMILES string of the molecule is C[C@H](COCc1ccccc1)[C@@H](O)CC(=O)SC(C)(C)C. The predicted octanol–water partition coefficient (Wildman–Crippen LogP) is 3.65.